The number of aryl methyl sites for hydroxylation is 2. The SMILES string of the molecule is O=C(Nc1ccc2cc1CCc1cccc(c1)Nc1ncc(Cl)c(n1)N2)c1cccs1.O=C(O)C(F)(F)F. The van der Waals surface area contributed by atoms with Crippen LogP contribution in [0.25, 0.3) is 0 Å². The molecule has 2 aromatic carbocycles. The lowest BCUT2D eigenvalue weighted by molar-refractivity contribution is -0.192. The minimum Gasteiger partial charge on any atom is -0.475 e. The van der Waals surface area contributed by atoms with E-state index in [1.54, 1.807) is 6.20 Å². The molecule has 0 saturated carbocycles. The summed E-state index contributed by atoms with van der Waals surface area (Å²) in [5.74, 6) is -1.89. The molecule has 0 unspecified atom stereocenters. The van der Waals surface area contributed by atoms with Crippen molar-refractivity contribution in [2.45, 2.75) is 19.0 Å². The van der Waals surface area contributed by atoms with Crippen LogP contribution in [-0.2, 0) is 17.6 Å². The van der Waals surface area contributed by atoms with Gasteiger partial charge in [0, 0.05) is 17.1 Å². The van der Waals surface area contributed by atoms with Gasteiger partial charge in [-0.2, -0.15) is 18.2 Å². The summed E-state index contributed by atoms with van der Waals surface area (Å²) in [6, 6.07) is 17.7. The zero-order chi connectivity index (χ0) is 27.3. The van der Waals surface area contributed by atoms with Crippen LogP contribution in [0.3, 0.4) is 0 Å². The number of nitrogens with zero attached hydrogens (tertiary/aromatic N) is 2. The van der Waals surface area contributed by atoms with Crippen molar-refractivity contribution in [1.29, 1.82) is 0 Å². The molecule has 3 heterocycles. The standard InChI is InChI=1S/C23H18ClN5OS.C2HF3O2/c24-18-13-25-23-27-16-4-1-3-14(11-16)6-7-15-12-17(26-21(18)29-23)8-9-19(15)28-22(30)20-5-2-10-31-20;3-2(4,5)1(6)7/h1-5,8-13H,6-7H2,(H,28,30)(H2,25,26,27,29);(H,6,7). The summed E-state index contributed by atoms with van der Waals surface area (Å²) in [4.78, 5) is 31.0. The second kappa shape index (κ2) is 11.5. The van der Waals surface area contributed by atoms with Crippen LogP contribution in [0.15, 0.2) is 66.2 Å². The largest absolute Gasteiger partial charge is 0.490 e. The smallest absolute Gasteiger partial charge is 0.475 e. The maximum absolute atomic E-state index is 12.6. The van der Waals surface area contributed by atoms with Gasteiger partial charge in [-0.15, -0.1) is 11.3 Å². The number of carbonyl (C=O) groups excluding carboxylic acids is 1. The molecule has 38 heavy (non-hydrogen) atoms. The first-order valence-electron chi connectivity index (χ1n) is 11.0. The zero-order valence-corrected chi connectivity index (χ0v) is 20.9. The molecule has 2 aromatic heterocycles. The predicted molar refractivity (Wildman–Crippen MR) is 140 cm³/mol. The summed E-state index contributed by atoms with van der Waals surface area (Å²) in [5, 5.41) is 19.0. The number of carboxylic acid groups (broad SMARTS) is 1. The number of benzene rings is 2. The Morgan fingerprint density at radius 1 is 1.03 bits per heavy atom. The molecule has 1 aliphatic heterocycles. The Hall–Kier alpha value is -4.16. The number of aliphatic carboxylic acids is 1. The maximum Gasteiger partial charge on any atom is 0.490 e. The number of alkyl halides is 3. The first-order valence-corrected chi connectivity index (χ1v) is 12.3. The third kappa shape index (κ3) is 6.99. The van der Waals surface area contributed by atoms with E-state index in [2.05, 4.69) is 38.1 Å². The number of nitrogens with one attached hydrogen (secondary N) is 3. The van der Waals surface area contributed by atoms with Crippen molar-refractivity contribution >= 4 is 63.6 Å². The Bertz CT molecular complexity index is 1470. The molecular weight excluding hydrogens is 543 g/mol. The molecule has 0 atom stereocenters. The molecule has 13 heteroatoms. The van der Waals surface area contributed by atoms with Crippen LogP contribution in [0.4, 0.5) is 42.0 Å². The Kier molecular flexibility index (Phi) is 8.13. The van der Waals surface area contributed by atoms with Crippen molar-refractivity contribution in [3.05, 3.63) is 87.2 Å². The molecule has 0 spiro atoms. The molecule has 1 aliphatic rings. The third-order valence-corrected chi connectivity index (χ3v) is 6.36. The number of fused-ring (bicyclic) bond motifs is 6. The molecule has 4 aromatic rings. The van der Waals surface area contributed by atoms with E-state index in [1.165, 1.54) is 16.9 Å². The van der Waals surface area contributed by atoms with Crippen LogP contribution in [0, 0.1) is 0 Å². The summed E-state index contributed by atoms with van der Waals surface area (Å²) in [5.41, 5.74) is 4.73. The highest BCUT2D eigenvalue weighted by Crippen LogP contribution is 2.30. The number of rotatable bonds is 2. The molecule has 4 N–H and O–H groups in total. The lowest BCUT2D eigenvalue weighted by atomic mass is 10.0. The van der Waals surface area contributed by atoms with Crippen molar-refractivity contribution in [3.8, 4) is 0 Å². The van der Waals surface area contributed by atoms with Crippen LogP contribution in [0.1, 0.15) is 20.8 Å². The molecule has 8 nitrogen and oxygen atoms in total. The van der Waals surface area contributed by atoms with Gasteiger partial charge in [0.15, 0.2) is 5.82 Å². The molecule has 0 aliphatic carbocycles. The number of carboxylic acids is 1. The average molecular weight is 562 g/mol. The molecule has 0 fully saturated rings. The number of hydrogen-bond donors (Lipinski definition) is 4. The summed E-state index contributed by atoms with van der Waals surface area (Å²) in [7, 11) is 0. The van der Waals surface area contributed by atoms with E-state index in [-0.39, 0.29) is 5.91 Å². The van der Waals surface area contributed by atoms with Crippen molar-refractivity contribution in [2.24, 2.45) is 0 Å². The molecule has 0 saturated heterocycles. The highest BCUT2D eigenvalue weighted by molar-refractivity contribution is 7.12. The number of halogens is 4. The van der Waals surface area contributed by atoms with Gasteiger partial charge in [0.2, 0.25) is 5.95 Å². The molecule has 6 bridgehead atoms. The molecular formula is C25H19ClF3N5O3S. The fourth-order valence-electron chi connectivity index (χ4n) is 3.46. The number of aromatic nitrogens is 2. The third-order valence-electron chi connectivity index (χ3n) is 5.21. The van der Waals surface area contributed by atoms with Gasteiger partial charge in [0.25, 0.3) is 5.91 Å². The Morgan fingerprint density at radius 3 is 2.50 bits per heavy atom. The first-order chi connectivity index (χ1) is 18.1. The fraction of sp³-hybridized carbons (Fsp3) is 0.120. The first kappa shape index (κ1) is 26.9. The Morgan fingerprint density at radius 2 is 1.79 bits per heavy atom. The minimum absolute atomic E-state index is 0.107. The van der Waals surface area contributed by atoms with Gasteiger partial charge in [0.05, 0.1) is 11.1 Å². The van der Waals surface area contributed by atoms with E-state index in [9.17, 15) is 18.0 Å². The Labute approximate surface area is 223 Å². The van der Waals surface area contributed by atoms with Crippen molar-refractivity contribution < 1.29 is 27.9 Å². The number of anilines is 5. The van der Waals surface area contributed by atoms with E-state index < -0.39 is 12.1 Å². The highest BCUT2D eigenvalue weighted by atomic mass is 35.5. The van der Waals surface area contributed by atoms with Crippen molar-refractivity contribution in [1.82, 2.24) is 9.97 Å². The lowest BCUT2D eigenvalue weighted by Crippen LogP contribution is -2.21. The molecule has 1 amide bonds. The molecule has 5 rings (SSSR count). The van der Waals surface area contributed by atoms with Gasteiger partial charge < -0.3 is 21.1 Å². The second-order valence-electron chi connectivity index (χ2n) is 7.95. The normalized spacial score (nSPS) is 12.2. The van der Waals surface area contributed by atoms with Crippen LogP contribution in [0.2, 0.25) is 5.02 Å². The van der Waals surface area contributed by atoms with E-state index in [0.29, 0.717) is 21.7 Å². The van der Waals surface area contributed by atoms with Crippen molar-refractivity contribution in [2.75, 3.05) is 16.0 Å². The summed E-state index contributed by atoms with van der Waals surface area (Å²) < 4.78 is 31.7. The summed E-state index contributed by atoms with van der Waals surface area (Å²) in [6.07, 6.45) is -1.94. The van der Waals surface area contributed by atoms with Crippen LogP contribution in [0.5, 0.6) is 0 Å². The van der Waals surface area contributed by atoms with Crippen LogP contribution >= 0.6 is 22.9 Å². The second-order valence-corrected chi connectivity index (χ2v) is 9.30. The van der Waals surface area contributed by atoms with E-state index in [4.69, 9.17) is 21.5 Å². The minimum atomic E-state index is -5.08. The maximum atomic E-state index is 12.6. The molecule has 0 radical (unpaired) electrons. The number of amides is 1. The van der Waals surface area contributed by atoms with Crippen LogP contribution < -0.4 is 16.0 Å². The number of thiophene rings is 1. The van der Waals surface area contributed by atoms with E-state index in [0.717, 1.165) is 35.5 Å². The predicted octanol–water partition coefficient (Wildman–Crippen LogP) is 6.66. The topological polar surface area (TPSA) is 116 Å². The molecule has 196 valence electrons. The van der Waals surface area contributed by atoms with Crippen LogP contribution in [-0.4, -0.2) is 33.1 Å². The number of hydrogen-bond acceptors (Lipinski definition) is 7. The monoisotopic (exact) mass is 561 g/mol. The quantitative estimate of drug-likeness (QED) is 0.216. The van der Waals surface area contributed by atoms with Gasteiger partial charge in [-0.25, -0.2) is 9.78 Å². The fourth-order valence-corrected chi connectivity index (χ4v) is 4.21. The van der Waals surface area contributed by atoms with Gasteiger partial charge in [0.1, 0.15) is 5.02 Å². The van der Waals surface area contributed by atoms with E-state index in [1.807, 2.05) is 47.8 Å². The number of carbonyl (C=O) groups is 2. The average Bonchev–Trinajstić information content (AvgIpc) is 3.41. The van der Waals surface area contributed by atoms with Gasteiger partial charge >= 0.3 is 12.1 Å². The highest BCUT2D eigenvalue weighted by Gasteiger charge is 2.38. The van der Waals surface area contributed by atoms with Crippen molar-refractivity contribution in [3.63, 3.8) is 0 Å². The lowest BCUT2D eigenvalue weighted by Gasteiger charge is -2.14. The zero-order valence-electron chi connectivity index (χ0n) is 19.3. The van der Waals surface area contributed by atoms with Gasteiger partial charge in [-0.05, 0) is 65.7 Å². The Balaban J connectivity index is 0.000000426. The van der Waals surface area contributed by atoms with E-state index >= 15 is 0 Å². The van der Waals surface area contributed by atoms with Gasteiger partial charge in [-0.3, -0.25) is 4.79 Å². The summed E-state index contributed by atoms with van der Waals surface area (Å²) >= 11 is 7.74. The summed E-state index contributed by atoms with van der Waals surface area (Å²) in [6.45, 7) is 0. The van der Waals surface area contributed by atoms with Gasteiger partial charge in [-0.1, -0.05) is 29.8 Å².